The monoisotopic (exact) mass is 299 g/mol. The molecule has 0 aromatic heterocycles. The van der Waals surface area contributed by atoms with Gasteiger partial charge in [0.15, 0.2) is 17.6 Å². The van der Waals surface area contributed by atoms with Gasteiger partial charge in [0, 0.05) is 5.69 Å². The van der Waals surface area contributed by atoms with Gasteiger partial charge in [-0.1, -0.05) is 36.8 Å². The van der Waals surface area contributed by atoms with Gasteiger partial charge in [-0.05, 0) is 37.6 Å². The standard InChI is InChI=1S/C18H21NO3/c1-4-15(22-17-8-6-5-7-16(17)21-3)18(20)19-14-11-9-13(2)10-12-14/h5-12,15H,4H2,1-3H3,(H,19,20). The van der Waals surface area contributed by atoms with Gasteiger partial charge in [-0.25, -0.2) is 0 Å². The van der Waals surface area contributed by atoms with Crippen LogP contribution in [0.2, 0.25) is 0 Å². The normalized spacial score (nSPS) is 11.6. The molecule has 2 rings (SSSR count). The van der Waals surface area contributed by atoms with Crippen molar-refractivity contribution in [1.82, 2.24) is 0 Å². The molecule has 0 heterocycles. The molecule has 0 radical (unpaired) electrons. The molecule has 1 amide bonds. The van der Waals surface area contributed by atoms with Crippen molar-refractivity contribution in [3.8, 4) is 11.5 Å². The van der Waals surface area contributed by atoms with Crippen molar-refractivity contribution >= 4 is 11.6 Å². The number of benzene rings is 2. The number of hydrogen-bond donors (Lipinski definition) is 1. The van der Waals surface area contributed by atoms with Crippen LogP contribution in [0.4, 0.5) is 5.69 Å². The van der Waals surface area contributed by atoms with Gasteiger partial charge in [-0.3, -0.25) is 4.79 Å². The zero-order valence-corrected chi connectivity index (χ0v) is 13.1. The van der Waals surface area contributed by atoms with Crippen molar-refractivity contribution < 1.29 is 14.3 Å². The Hall–Kier alpha value is -2.49. The van der Waals surface area contributed by atoms with Gasteiger partial charge in [0.05, 0.1) is 7.11 Å². The van der Waals surface area contributed by atoms with E-state index in [0.29, 0.717) is 17.9 Å². The fourth-order valence-electron chi connectivity index (χ4n) is 2.05. The number of hydrogen-bond acceptors (Lipinski definition) is 3. The average molecular weight is 299 g/mol. The predicted octanol–water partition coefficient (Wildman–Crippen LogP) is 3.80. The number of nitrogens with one attached hydrogen (secondary N) is 1. The Kier molecular flexibility index (Phi) is 5.42. The third-order valence-corrected chi connectivity index (χ3v) is 3.32. The third-order valence-electron chi connectivity index (χ3n) is 3.32. The number of amides is 1. The van der Waals surface area contributed by atoms with Gasteiger partial charge in [0.2, 0.25) is 0 Å². The molecule has 0 fully saturated rings. The van der Waals surface area contributed by atoms with Crippen molar-refractivity contribution in [3.05, 3.63) is 54.1 Å². The summed E-state index contributed by atoms with van der Waals surface area (Å²) in [6.07, 6.45) is -0.00644. The van der Waals surface area contributed by atoms with E-state index in [-0.39, 0.29) is 5.91 Å². The Bertz CT molecular complexity index is 622. The fourth-order valence-corrected chi connectivity index (χ4v) is 2.05. The second-order valence-corrected chi connectivity index (χ2v) is 5.02. The third kappa shape index (κ3) is 4.01. The van der Waals surface area contributed by atoms with Crippen LogP contribution in [0.25, 0.3) is 0 Å². The molecule has 0 spiro atoms. The predicted molar refractivity (Wildman–Crippen MR) is 87.5 cm³/mol. The van der Waals surface area contributed by atoms with Crippen LogP contribution in [-0.2, 0) is 4.79 Å². The maximum absolute atomic E-state index is 12.4. The smallest absolute Gasteiger partial charge is 0.265 e. The lowest BCUT2D eigenvalue weighted by molar-refractivity contribution is -0.122. The maximum Gasteiger partial charge on any atom is 0.265 e. The van der Waals surface area contributed by atoms with Crippen molar-refractivity contribution in [3.63, 3.8) is 0 Å². The fraction of sp³-hybridized carbons (Fsp3) is 0.278. The highest BCUT2D eigenvalue weighted by Crippen LogP contribution is 2.27. The number of aryl methyl sites for hydroxylation is 1. The molecule has 1 unspecified atom stereocenters. The van der Waals surface area contributed by atoms with Crippen LogP contribution in [-0.4, -0.2) is 19.1 Å². The molecular weight excluding hydrogens is 278 g/mol. The Balaban J connectivity index is 2.07. The number of rotatable bonds is 6. The first-order chi connectivity index (χ1) is 10.6. The number of ether oxygens (including phenoxy) is 2. The van der Waals surface area contributed by atoms with Gasteiger partial charge in [-0.2, -0.15) is 0 Å². The highest BCUT2D eigenvalue weighted by atomic mass is 16.5. The summed E-state index contributed by atoms with van der Waals surface area (Å²) >= 11 is 0. The first-order valence-corrected chi connectivity index (χ1v) is 7.31. The maximum atomic E-state index is 12.4. The average Bonchev–Trinajstić information content (AvgIpc) is 2.55. The zero-order valence-electron chi connectivity index (χ0n) is 13.1. The lowest BCUT2D eigenvalue weighted by atomic mass is 10.2. The highest BCUT2D eigenvalue weighted by Gasteiger charge is 2.20. The van der Waals surface area contributed by atoms with Gasteiger partial charge >= 0.3 is 0 Å². The van der Waals surface area contributed by atoms with Crippen LogP contribution < -0.4 is 14.8 Å². The first-order valence-electron chi connectivity index (χ1n) is 7.31. The van der Waals surface area contributed by atoms with E-state index in [1.165, 1.54) is 0 Å². The van der Waals surface area contributed by atoms with Crippen LogP contribution in [0.3, 0.4) is 0 Å². The molecule has 2 aromatic rings. The second-order valence-electron chi connectivity index (χ2n) is 5.02. The summed E-state index contributed by atoms with van der Waals surface area (Å²) in [6, 6.07) is 15.0. The lowest BCUT2D eigenvalue weighted by Gasteiger charge is -2.18. The first kappa shape index (κ1) is 15.9. The summed E-state index contributed by atoms with van der Waals surface area (Å²) < 4.78 is 11.1. The molecule has 4 heteroatoms. The number of carbonyl (C=O) groups excluding carboxylic acids is 1. The summed E-state index contributed by atoms with van der Waals surface area (Å²) in [6.45, 7) is 3.92. The minimum absolute atomic E-state index is 0.169. The van der Waals surface area contributed by atoms with E-state index < -0.39 is 6.10 Å². The summed E-state index contributed by atoms with van der Waals surface area (Å²) in [7, 11) is 1.58. The van der Waals surface area contributed by atoms with Crippen molar-refractivity contribution in [2.24, 2.45) is 0 Å². The Morgan fingerprint density at radius 3 is 2.32 bits per heavy atom. The van der Waals surface area contributed by atoms with E-state index >= 15 is 0 Å². The van der Waals surface area contributed by atoms with Crippen molar-refractivity contribution in [2.45, 2.75) is 26.4 Å². The molecule has 22 heavy (non-hydrogen) atoms. The molecule has 0 aliphatic rings. The molecule has 4 nitrogen and oxygen atoms in total. The molecule has 0 saturated heterocycles. The molecular formula is C18H21NO3. The van der Waals surface area contributed by atoms with E-state index in [2.05, 4.69) is 5.32 Å². The highest BCUT2D eigenvalue weighted by molar-refractivity contribution is 5.94. The molecule has 0 saturated carbocycles. The van der Waals surface area contributed by atoms with E-state index in [1.54, 1.807) is 19.2 Å². The Labute approximate surface area is 131 Å². The SMILES string of the molecule is CCC(Oc1ccccc1OC)C(=O)Nc1ccc(C)cc1. The molecule has 0 aliphatic heterocycles. The van der Waals surface area contributed by atoms with Gasteiger partial charge in [0.25, 0.3) is 5.91 Å². The lowest BCUT2D eigenvalue weighted by Crippen LogP contribution is -2.32. The van der Waals surface area contributed by atoms with Crippen molar-refractivity contribution in [2.75, 3.05) is 12.4 Å². The summed E-state index contributed by atoms with van der Waals surface area (Å²) in [4.78, 5) is 12.4. The van der Waals surface area contributed by atoms with E-state index in [9.17, 15) is 4.79 Å². The minimum atomic E-state index is -0.572. The van der Waals surface area contributed by atoms with Crippen LogP contribution in [0, 0.1) is 6.92 Å². The number of methoxy groups -OCH3 is 1. The van der Waals surface area contributed by atoms with Crippen LogP contribution in [0.15, 0.2) is 48.5 Å². The minimum Gasteiger partial charge on any atom is -0.493 e. The van der Waals surface area contributed by atoms with Gasteiger partial charge in [-0.15, -0.1) is 0 Å². The quantitative estimate of drug-likeness (QED) is 0.882. The topological polar surface area (TPSA) is 47.6 Å². The van der Waals surface area contributed by atoms with E-state index in [4.69, 9.17) is 9.47 Å². The van der Waals surface area contributed by atoms with Gasteiger partial charge < -0.3 is 14.8 Å². The van der Waals surface area contributed by atoms with E-state index in [1.807, 2.05) is 50.2 Å². The number of anilines is 1. The van der Waals surface area contributed by atoms with Crippen LogP contribution in [0.5, 0.6) is 11.5 Å². The number of para-hydroxylation sites is 2. The van der Waals surface area contributed by atoms with Crippen LogP contribution >= 0.6 is 0 Å². The van der Waals surface area contributed by atoms with E-state index in [0.717, 1.165) is 11.3 Å². The Morgan fingerprint density at radius 2 is 1.73 bits per heavy atom. The molecule has 1 N–H and O–H groups in total. The molecule has 1 atom stereocenters. The van der Waals surface area contributed by atoms with Gasteiger partial charge in [0.1, 0.15) is 0 Å². The summed E-state index contributed by atoms with van der Waals surface area (Å²) in [5.41, 5.74) is 1.91. The molecule has 2 aromatic carbocycles. The summed E-state index contributed by atoms with van der Waals surface area (Å²) in [5.74, 6) is 1.01. The zero-order chi connectivity index (χ0) is 15.9. The molecule has 0 bridgehead atoms. The van der Waals surface area contributed by atoms with Crippen molar-refractivity contribution in [1.29, 1.82) is 0 Å². The Morgan fingerprint density at radius 1 is 1.09 bits per heavy atom. The number of carbonyl (C=O) groups is 1. The molecule has 0 aliphatic carbocycles. The second kappa shape index (κ2) is 7.50. The summed E-state index contributed by atoms with van der Waals surface area (Å²) in [5, 5.41) is 2.87. The van der Waals surface area contributed by atoms with Crippen LogP contribution in [0.1, 0.15) is 18.9 Å². The largest absolute Gasteiger partial charge is 0.493 e. The molecule has 116 valence electrons.